The molecular formula is C15H12Cl3N3O3S. The average molecular weight is 421 g/mol. The second-order valence-electron chi connectivity index (χ2n) is 4.74. The minimum Gasteiger partial charge on any atom is -0.272 e. The Morgan fingerprint density at radius 3 is 2.32 bits per heavy atom. The molecule has 0 aliphatic rings. The van der Waals surface area contributed by atoms with Gasteiger partial charge in [-0.05, 0) is 36.4 Å². The second kappa shape index (κ2) is 8.64. The van der Waals surface area contributed by atoms with Crippen LogP contribution in [0.1, 0.15) is 5.56 Å². The van der Waals surface area contributed by atoms with E-state index in [0.29, 0.717) is 20.6 Å². The van der Waals surface area contributed by atoms with Gasteiger partial charge in [0.25, 0.3) is 5.91 Å². The Balaban J connectivity index is 1.90. The Morgan fingerprint density at radius 1 is 1.04 bits per heavy atom. The molecule has 0 aromatic heterocycles. The van der Waals surface area contributed by atoms with E-state index < -0.39 is 22.5 Å². The van der Waals surface area contributed by atoms with Gasteiger partial charge in [0.2, 0.25) is 10.0 Å². The summed E-state index contributed by atoms with van der Waals surface area (Å²) in [6, 6.07) is 10.3. The van der Waals surface area contributed by atoms with Gasteiger partial charge >= 0.3 is 0 Å². The van der Waals surface area contributed by atoms with Crippen molar-refractivity contribution in [2.24, 2.45) is 5.10 Å². The van der Waals surface area contributed by atoms with Crippen LogP contribution in [-0.2, 0) is 14.8 Å². The Labute approximate surface area is 159 Å². The largest absolute Gasteiger partial charge is 0.272 e. The van der Waals surface area contributed by atoms with Crippen LogP contribution in [0, 0.1) is 0 Å². The van der Waals surface area contributed by atoms with Gasteiger partial charge in [0.1, 0.15) is 0 Å². The predicted molar refractivity (Wildman–Crippen MR) is 98.8 cm³/mol. The van der Waals surface area contributed by atoms with Crippen LogP contribution < -0.4 is 10.1 Å². The molecule has 0 bridgehead atoms. The standard InChI is InChI=1S/C15H12Cl3N3O3S/c16-11-3-5-13(6-4-11)25(23,24)20-9-15(22)21-19-8-10-1-2-12(17)7-14(10)18/h1-8,20H,9H2,(H,21,22). The number of sulfonamides is 1. The van der Waals surface area contributed by atoms with Crippen LogP contribution in [0.3, 0.4) is 0 Å². The van der Waals surface area contributed by atoms with Gasteiger partial charge in [0, 0.05) is 15.6 Å². The van der Waals surface area contributed by atoms with Gasteiger partial charge in [-0.15, -0.1) is 0 Å². The van der Waals surface area contributed by atoms with E-state index in [2.05, 4.69) is 15.2 Å². The number of hydrazone groups is 1. The molecule has 2 rings (SSSR count). The van der Waals surface area contributed by atoms with Gasteiger partial charge in [-0.25, -0.2) is 18.6 Å². The van der Waals surface area contributed by atoms with Crippen molar-refractivity contribution >= 4 is 56.9 Å². The lowest BCUT2D eigenvalue weighted by Gasteiger charge is -2.06. The van der Waals surface area contributed by atoms with Crippen LogP contribution in [0.2, 0.25) is 15.1 Å². The Kier molecular flexibility index (Phi) is 6.80. The summed E-state index contributed by atoms with van der Waals surface area (Å²) in [5.41, 5.74) is 2.75. The predicted octanol–water partition coefficient (Wildman–Crippen LogP) is 3.08. The number of carbonyl (C=O) groups is 1. The number of amides is 1. The number of nitrogens with one attached hydrogen (secondary N) is 2. The van der Waals surface area contributed by atoms with Gasteiger partial charge in [-0.1, -0.05) is 40.9 Å². The lowest BCUT2D eigenvalue weighted by Crippen LogP contribution is -2.34. The molecule has 0 aliphatic heterocycles. The molecule has 25 heavy (non-hydrogen) atoms. The van der Waals surface area contributed by atoms with E-state index in [1.165, 1.54) is 36.5 Å². The second-order valence-corrected chi connectivity index (χ2v) is 7.78. The Hall–Kier alpha value is -1.64. The summed E-state index contributed by atoms with van der Waals surface area (Å²) in [6.45, 7) is -0.476. The molecule has 0 heterocycles. The van der Waals surface area contributed by atoms with E-state index in [-0.39, 0.29) is 4.90 Å². The van der Waals surface area contributed by atoms with Gasteiger partial charge in [-0.2, -0.15) is 5.10 Å². The molecule has 0 aliphatic carbocycles. The minimum atomic E-state index is -3.82. The van der Waals surface area contributed by atoms with Crippen LogP contribution in [0.5, 0.6) is 0 Å². The summed E-state index contributed by atoms with van der Waals surface area (Å²) in [5, 5.41) is 4.97. The number of hydrogen-bond acceptors (Lipinski definition) is 4. The van der Waals surface area contributed by atoms with Gasteiger partial charge in [-0.3, -0.25) is 4.79 Å². The minimum absolute atomic E-state index is 0.00106. The highest BCUT2D eigenvalue weighted by molar-refractivity contribution is 7.89. The van der Waals surface area contributed by atoms with E-state index in [1.807, 2.05) is 0 Å². The summed E-state index contributed by atoms with van der Waals surface area (Å²) in [4.78, 5) is 11.7. The van der Waals surface area contributed by atoms with Crippen molar-refractivity contribution in [3.05, 3.63) is 63.1 Å². The van der Waals surface area contributed by atoms with Crippen molar-refractivity contribution in [1.29, 1.82) is 0 Å². The monoisotopic (exact) mass is 419 g/mol. The molecule has 1 amide bonds. The molecule has 132 valence electrons. The average Bonchev–Trinajstić information content (AvgIpc) is 2.55. The van der Waals surface area contributed by atoms with E-state index in [0.717, 1.165) is 0 Å². The number of rotatable bonds is 6. The first-order valence-corrected chi connectivity index (χ1v) is 9.42. The van der Waals surface area contributed by atoms with Crippen molar-refractivity contribution in [2.45, 2.75) is 4.90 Å². The third kappa shape index (κ3) is 5.98. The molecule has 0 unspecified atom stereocenters. The van der Waals surface area contributed by atoms with Gasteiger partial charge < -0.3 is 0 Å². The van der Waals surface area contributed by atoms with Crippen molar-refractivity contribution in [2.75, 3.05) is 6.54 Å². The lowest BCUT2D eigenvalue weighted by atomic mass is 10.2. The highest BCUT2D eigenvalue weighted by Crippen LogP contribution is 2.19. The van der Waals surface area contributed by atoms with Gasteiger partial charge in [0.15, 0.2) is 0 Å². The maximum absolute atomic E-state index is 12.0. The first-order chi connectivity index (χ1) is 11.8. The van der Waals surface area contributed by atoms with Crippen molar-refractivity contribution < 1.29 is 13.2 Å². The number of halogens is 3. The summed E-state index contributed by atoms with van der Waals surface area (Å²) < 4.78 is 26.2. The zero-order valence-electron chi connectivity index (χ0n) is 12.5. The Morgan fingerprint density at radius 2 is 1.68 bits per heavy atom. The topological polar surface area (TPSA) is 87.6 Å². The molecule has 0 saturated carbocycles. The molecule has 0 radical (unpaired) electrons. The maximum Gasteiger partial charge on any atom is 0.255 e. The SMILES string of the molecule is O=C(CNS(=O)(=O)c1ccc(Cl)cc1)NN=Cc1ccc(Cl)cc1Cl. The van der Waals surface area contributed by atoms with Crippen LogP contribution in [0.25, 0.3) is 0 Å². The highest BCUT2D eigenvalue weighted by Gasteiger charge is 2.15. The quantitative estimate of drug-likeness (QED) is 0.556. The zero-order chi connectivity index (χ0) is 18.4. The molecule has 2 N–H and O–H groups in total. The molecule has 6 nitrogen and oxygen atoms in total. The smallest absolute Gasteiger partial charge is 0.255 e. The summed E-state index contributed by atoms with van der Waals surface area (Å²) >= 11 is 17.4. The molecule has 0 saturated heterocycles. The van der Waals surface area contributed by atoms with Crippen LogP contribution in [-0.4, -0.2) is 27.1 Å². The lowest BCUT2D eigenvalue weighted by molar-refractivity contribution is -0.119. The van der Waals surface area contributed by atoms with E-state index >= 15 is 0 Å². The maximum atomic E-state index is 12.0. The highest BCUT2D eigenvalue weighted by atomic mass is 35.5. The van der Waals surface area contributed by atoms with Crippen LogP contribution in [0.15, 0.2) is 52.5 Å². The van der Waals surface area contributed by atoms with Crippen molar-refractivity contribution in [1.82, 2.24) is 10.1 Å². The third-order valence-electron chi connectivity index (χ3n) is 2.90. The number of nitrogens with zero attached hydrogens (tertiary/aromatic N) is 1. The molecular weight excluding hydrogens is 409 g/mol. The fraction of sp³-hybridized carbons (Fsp3) is 0.0667. The first-order valence-electron chi connectivity index (χ1n) is 6.80. The molecule has 10 heteroatoms. The van der Waals surface area contributed by atoms with E-state index in [1.54, 1.807) is 12.1 Å². The number of benzene rings is 2. The van der Waals surface area contributed by atoms with Gasteiger partial charge in [0.05, 0.1) is 22.7 Å². The normalized spacial score (nSPS) is 11.6. The van der Waals surface area contributed by atoms with Crippen LogP contribution >= 0.6 is 34.8 Å². The first kappa shape index (κ1) is 19.7. The number of hydrogen-bond donors (Lipinski definition) is 2. The fourth-order valence-electron chi connectivity index (χ4n) is 1.68. The molecule has 0 fully saturated rings. The Bertz CT molecular complexity index is 900. The molecule has 0 spiro atoms. The number of carbonyl (C=O) groups excluding carboxylic acids is 1. The molecule has 0 atom stereocenters. The van der Waals surface area contributed by atoms with Crippen molar-refractivity contribution in [3.63, 3.8) is 0 Å². The van der Waals surface area contributed by atoms with E-state index in [4.69, 9.17) is 34.8 Å². The molecule has 2 aromatic carbocycles. The molecule has 2 aromatic rings. The third-order valence-corrected chi connectivity index (χ3v) is 5.13. The summed E-state index contributed by atoms with van der Waals surface area (Å²) in [5.74, 6) is -0.640. The fourth-order valence-corrected chi connectivity index (χ4v) is 3.24. The van der Waals surface area contributed by atoms with Crippen LogP contribution in [0.4, 0.5) is 0 Å². The van der Waals surface area contributed by atoms with Crippen molar-refractivity contribution in [3.8, 4) is 0 Å². The van der Waals surface area contributed by atoms with E-state index in [9.17, 15) is 13.2 Å². The summed E-state index contributed by atoms with van der Waals surface area (Å²) in [6.07, 6.45) is 1.32. The summed E-state index contributed by atoms with van der Waals surface area (Å²) in [7, 11) is -3.82. The zero-order valence-corrected chi connectivity index (χ0v) is 15.6.